The minimum atomic E-state index is -0.587. The van der Waals surface area contributed by atoms with Crippen molar-refractivity contribution in [2.75, 3.05) is 19.8 Å². The van der Waals surface area contributed by atoms with Crippen LogP contribution in [-0.2, 0) is 19.1 Å². The summed E-state index contributed by atoms with van der Waals surface area (Å²) in [5, 5.41) is 2.67. The molecule has 1 atom stereocenters. The van der Waals surface area contributed by atoms with Gasteiger partial charge in [0, 0.05) is 19.2 Å². The van der Waals surface area contributed by atoms with E-state index in [1.54, 1.807) is 12.1 Å². The van der Waals surface area contributed by atoms with Crippen molar-refractivity contribution < 1.29 is 23.5 Å². The fourth-order valence-corrected chi connectivity index (χ4v) is 1.96. The fourth-order valence-electron chi connectivity index (χ4n) is 1.96. The monoisotopic (exact) mass is 293 g/mol. The minimum absolute atomic E-state index is 0.0757. The molecular weight excluding hydrogens is 274 g/mol. The maximum Gasteiger partial charge on any atom is 0.331 e. The number of rotatable bonds is 6. The first-order chi connectivity index (χ1) is 10.1. The number of furan rings is 1. The van der Waals surface area contributed by atoms with E-state index in [9.17, 15) is 9.59 Å². The largest absolute Gasteiger partial charge is 0.462 e. The van der Waals surface area contributed by atoms with Crippen LogP contribution in [0.4, 0.5) is 0 Å². The Bertz CT molecular complexity index is 514. The Morgan fingerprint density at radius 2 is 2.33 bits per heavy atom. The van der Waals surface area contributed by atoms with E-state index >= 15 is 0 Å². The van der Waals surface area contributed by atoms with E-state index in [4.69, 9.17) is 13.9 Å². The zero-order valence-electron chi connectivity index (χ0n) is 12.0. The first kappa shape index (κ1) is 15.3. The topological polar surface area (TPSA) is 77.8 Å². The zero-order chi connectivity index (χ0) is 15.1. The molecule has 1 amide bonds. The SMILES string of the molecule is Cc1ccc(C=CC(=O)OCC(=O)NCC2CCCO2)o1. The van der Waals surface area contributed by atoms with Crippen molar-refractivity contribution in [3.63, 3.8) is 0 Å². The molecule has 0 aliphatic carbocycles. The van der Waals surface area contributed by atoms with Gasteiger partial charge in [-0.1, -0.05) is 0 Å². The van der Waals surface area contributed by atoms with E-state index in [0.717, 1.165) is 25.2 Å². The molecular formula is C15H19NO5. The molecule has 1 fully saturated rings. The summed E-state index contributed by atoms with van der Waals surface area (Å²) in [5.74, 6) is 0.404. The predicted molar refractivity (Wildman–Crippen MR) is 75.4 cm³/mol. The van der Waals surface area contributed by atoms with Crippen LogP contribution in [0.2, 0.25) is 0 Å². The van der Waals surface area contributed by atoms with Crippen LogP contribution in [-0.4, -0.2) is 37.7 Å². The maximum atomic E-state index is 11.5. The van der Waals surface area contributed by atoms with Crippen molar-refractivity contribution in [1.29, 1.82) is 0 Å². The highest BCUT2D eigenvalue weighted by molar-refractivity contribution is 5.88. The van der Waals surface area contributed by atoms with Crippen LogP contribution in [0.3, 0.4) is 0 Å². The number of ether oxygens (including phenoxy) is 2. The van der Waals surface area contributed by atoms with Crippen molar-refractivity contribution in [3.05, 3.63) is 29.7 Å². The molecule has 2 heterocycles. The van der Waals surface area contributed by atoms with Crippen LogP contribution in [0.15, 0.2) is 22.6 Å². The molecule has 1 aromatic heterocycles. The third-order valence-electron chi connectivity index (χ3n) is 3.04. The fraction of sp³-hybridized carbons (Fsp3) is 0.467. The molecule has 0 radical (unpaired) electrons. The Morgan fingerprint density at radius 1 is 1.48 bits per heavy atom. The molecule has 1 aromatic rings. The molecule has 1 unspecified atom stereocenters. The van der Waals surface area contributed by atoms with E-state index < -0.39 is 5.97 Å². The van der Waals surface area contributed by atoms with Crippen molar-refractivity contribution in [2.24, 2.45) is 0 Å². The van der Waals surface area contributed by atoms with Crippen LogP contribution >= 0.6 is 0 Å². The average Bonchev–Trinajstić information content (AvgIpc) is 3.12. The van der Waals surface area contributed by atoms with Crippen molar-refractivity contribution in [3.8, 4) is 0 Å². The van der Waals surface area contributed by atoms with Crippen LogP contribution in [0.25, 0.3) is 6.08 Å². The van der Waals surface area contributed by atoms with Gasteiger partial charge in [-0.15, -0.1) is 0 Å². The van der Waals surface area contributed by atoms with Gasteiger partial charge in [0.2, 0.25) is 0 Å². The molecule has 21 heavy (non-hydrogen) atoms. The molecule has 1 N–H and O–H groups in total. The number of hydrogen-bond donors (Lipinski definition) is 1. The molecule has 2 rings (SSSR count). The summed E-state index contributed by atoms with van der Waals surface area (Å²) in [7, 11) is 0. The van der Waals surface area contributed by atoms with E-state index in [1.165, 1.54) is 12.2 Å². The minimum Gasteiger partial charge on any atom is -0.462 e. The van der Waals surface area contributed by atoms with Gasteiger partial charge >= 0.3 is 5.97 Å². The highest BCUT2D eigenvalue weighted by atomic mass is 16.5. The number of carbonyl (C=O) groups is 2. The third-order valence-corrected chi connectivity index (χ3v) is 3.04. The van der Waals surface area contributed by atoms with Gasteiger partial charge < -0.3 is 19.2 Å². The second-order valence-electron chi connectivity index (χ2n) is 4.83. The average molecular weight is 293 g/mol. The second kappa shape index (κ2) is 7.64. The standard InChI is InChI=1S/C15H19NO5/c1-11-4-5-12(21-11)6-7-15(18)20-10-14(17)16-9-13-3-2-8-19-13/h4-7,13H,2-3,8-10H2,1H3,(H,16,17). The van der Waals surface area contributed by atoms with Crippen LogP contribution in [0.5, 0.6) is 0 Å². The number of esters is 1. The van der Waals surface area contributed by atoms with Gasteiger partial charge in [-0.2, -0.15) is 0 Å². The number of carbonyl (C=O) groups excluding carboxylic acids is 2. The Balaban J connectivity index is 1.63. The van der Waals surface area contributed by atoms with Crippen LogP contribution in [0.1, 0.15) is 24.4 Å². The molecule has 0 bridgehead atoms. The van der Waals surface area contributed by atoms with Gasteiger partial charge in [0.15, 0.2) is 6.61 Å². The Labute approximate surface area is 123 Å². The Kier molecular flexibility index (Phi) is 5.57. The lowest BCUT2D eigenvalue weighted by atomic mass is 10.2. The summed E-state index contributed by atoms with van der Waals surface area (Å²) in [6, 6.07) is 3.54. The van der Waals surface area contributed by atoms with Gasteiger partial charge in [-0.3, -0.25) is 4.79 Å². The van der Waals surface area contributed by atoms with E-state index in [2.05, 4.69) is 5.32 Å². The maximum absolute atomic E-state index is 11.5. The Hall–Kier alpha value is -2.08. The molecule has 0 saturated carbocycles. The molecule has 6 heteroatoms. The lowest BCUT2D eigenvalue weighted by molar-refractivity contribution is -0.143. The highest BCUT2D eigenvalue weighted by Crippen LogP contribution is 2.10. The molecule has 6 nitrogen and oxygen atoms in total. The summed E-state index contributed by atoms with van der Waals surface area (Å²) >= 11 is 0. The van der Waals surface area contributed by atoms with Crippen LogP contribution in [0, 0.1) is 6.92 Å². The molecule has 1 saturated heterocycles. The number of aryl methyl sites for hydroxylation is 1. The molecule has 114 valence electrons. The zero-order valence-corrected chi connectivity index (χ0v) is 12.0. The molecule has 1 aliphatic rings. The molecule has 1 aliphatic heterocycles. The van der Waals surface area contributed by atoms with Crippen molar-refractivity contribution >= 4 is 18.0 Å². The van der Waals surface area contributed by atoms with E-state index in [1.807, 2.05) is 6.92 Å². The number of amides is 1. The molecule has 0 spiro atoms. The summed E-state index contributed by atoms with van der Waals surface area (Å²) < 4.78 is 15.5. The van der Waals surface area contributed by atoms with Crippen LogP contribution < -0.4 is 5.32 Å². The van der Waals surface area contributed by atoms with E-state index in [0.29, 0.717) is 12.3 Å². The quantitative estimate of drug-likeness (QED) is 0.634. The van der Waals surface area contributed by atoms with Gasteiger partial charge in [0.05, 0.1) is 6.10 Å². The lowest BCUT2D eigenvalue weighted by Gasteiger charge is -2.10. The third kappa shape index (κ3) is 5.43. The summed E-state index contributed by atoms with van der Waals surface area (Å²) in [6.45, 7) is 2.71. The normalized spacial score (nSPS) is 18.0. The van der Waals surface area contributed by atoms with Gasteiger partial charge in [0.1, 0.15) is 11.5 Å². The second-order valence-corrected chi connectivity index (χ2v) is 4.83. The smallest absolute Gasteiger partial charge is 0.331 e. The number of hydrogen-bond acceptors (Lipinski definition) is 5. The lowest BCUT2D eigenvalue weighted by Crippen LogP contribution is -2.34. The summed E-state index contributed by atoms with van der Waals surface area (Å²) in [5.41, 5.74) is 0. The first-order valence-corrected chi connectivity index (χ1v) is 6.93. The van der Waals surface area contributed by atoms with Gasteiger partial charge in [-0.05, 0) is 38.0 Å². The first-order valence-electron chi connectivity index (χ1n) is 6.93. The van der Waals surface area contributed by atoms with Crippen molar-refractivity contribution in [1.82, 2.24) is 5.32 Å². The van der Waals surface area contributed by atoms with E-state index in [-0.39, 0.29) is 18.6 Å². The molecule has 0 aromatic carbocycles. The Morgan fingerprint density at radius 3 is 3.00 bits per heavy atom. The number of nitrogens with one attached hydrogen (secondary N) is 1. The van der Waals surface area contributed by atoms with Gasteiger partial charge in [-0.25, -0.2) is 4.79 Å². The predicted octanol–water partition coefficient (Wildman–Crippen LogP) is 1.44. The summed E-state index contributed by atoms with van der Waals surface area (Å²) in [6.07, 6.45) is 4.77. The highest BCUT2D eigenvalue weighted by Gasteiger charge is 2.16. The summed E-state index contributed by atoms with van der Waals surface area (Å²) in [4.78, 5) is 22.9. The van der Waals surface area contributed by atoms with Gasteiger partial charge in [0.25, 0.3) is 5.91 Å². The van der Waals surface area contributed by atoms with Crippen molar-refractivity contribution in [2.45, 2.75) is 25.9 Å².